The van der Waals surface area contributed by atoms with Crippen LogP contribution >= 0.6 is 0 Å². The first-order valence-corrected chi connectivity index (χ1v) is 6.14. The number of hydrogen-bond acceptors (Lipinski definition) is 2. The first-order chi connectivity index (χ1) is 7.51. The lowest BCUT2D eigenvalue weighted by atomic mass is 9.88. The SMILES string of the molecule is CCCN1C(=O)C(C)NC(=O)C1(C)C1CC1. The lowest BCUT2D eigenvalue weighted by Crippen LogP contribution is -2.69. The zero-order valence-electron chi connectivity index (χ0n) is 10.2. The number of piperazine rings is 1. The summed E-state index contributed by atoms with van der Waals surface area (Å²) in [6.45, 7) is 6.40. The zero-order valence-corrected chi connectivity index (χ0v) is 10.2. The Kier molecular flexibility index (Phi) is 2.68. The van der Waals surface area contributed by atoms with Gasteiger partial charge in [0.05, 0.1) is 0 Å². The van der Waals surface area contributed by atoms with Crippen LogP contribution in [0.15, 0.2) is 0 Å². The van der Waals surface area contributed by atoms with Crippen molar-refractivity contribution < 1.29 is 9.59 Å². The van der Waals surface area contributed by atoms with E-state index in [0.717, 1.165) is 19.3 Å². The molecule has 0 spiro atoms. The third-order valence-corrected chi connectivity index (χ3v) is 3.82. The molecule has 4 nitrogen and oxygen atoms in total. The van der Waals surface area contributed by atoms with Crippen LogP contribution in [0.2, 0.25) is 0 Å². The van der Waals surface area contributed by atoms with E-state index in [4.69, 9.17) is 0 Å². The van der Waals surface area contributed by atoms with Gasteiger partial charge in [0.2, 0.25) is 11.8 Å². The molecule has 2 rings (SSSR count). The molecule has 1 heterocycles. The fourth-order valence-corrected chi connectivity index (χ4v) is 2.61. The van der Waals surface area contributed by atoms with Gasteiger partial charge >= 0.3 is 0 Å². The van der Waals surface area contributed by atoms with E-state index in [1.807, 2.05) is 13.8 Å². The van der Waals surface area contributed by atoms with Crippen molar-refractivity contribution in [2.45, 2.75) is 51.6 Å². The molecule has 90 valence electrons. The highest BCUT2D eigenvalue weighted by atomic mass is 16.2. The van der Waals surface area contributed by atoms with Crippen LogP contribution in [0.3, 0.4) is 0 Å². The van der Waals surface area contributed by atoms with Gasteiger partial charge < -0.3 is 10.2 Å². The number of carbonyl (C=O) groups excluding carboxylic acids is 2. The van der Waals surface area contributed by atoms with Gasteiger partial charge in [-0.25, -0.2) is 0 Å². The van der Waals surface area contributed by atoms with E-state index in [9.17, 15) is 9.59 Å². The Morgan fingerprint density at radius 3 is 2.56 bits per heavy atom. The van der Waals surface area contributed by atoms with Crippen LogP contribution in [0, 0.1) is 5.92 Å². The number of rotatable bonds is 3. The lowest BCUT2D eigenvalue weighted by molar-refractivity contribution is -0.157. The van der Waals surface area contributed by atoms with E-state index in [-0.39, 0.29) is 17.9 Å². The van der Waals surface area contributed by atoms with E-state index in [1.54, 1.807) is 11.8 Å². The van der Waals surface area contributed by atoms with Crippen molar-refractivity contribution in [2.24, 2.45) is 5.92 Å². The van der Waals surface area contributed by atoms with E-state index < -0.39 is 5.54 Å². The summed E-state index contributed by atoms with van der Waals surface area (Å²) in [5, 5.41) is 2.80. The Hall–Kier alpha value is -1.06. The summed E-state index contributed by atoms with van der Waals surface area (Å²) in [7, 11) is 0. The highest BCUT2D eigenvalue weighted by Gasteiger charge is 2.55. The van der Waals surface area contributed by atoms with Crippen LogP contribution in [-0.2, 0) is 9.59 Å². The highest BCUT2D eigenvalue weighted by Crippen LogP contribution is 2.44. The third-order valence-electron chi connectivity index (χ3n) is 3.82. The predicted octanol–water partition coefficient (Wildman–Crippen LogP) is 0.912. The minimum absolute atomic E-state index is 0.0237. The molecule has 0 aromatic heterocycles. The van der Waals surface area contributed by atoms with Gasteiger partial charge in [-0.2, -0.15) is 0 Å². The molecule has 2 unspecified atom stereocenters. The second-order valence-corrected chi connectivity index (χ2v) is 5.11. The molecule has 0 aromatic carbocycles. The van der Waals surface area contributed by atoms with Crippen molar-refractivity contribution >= 4 is 11.8 Å². The highest BCUT2D eigenvalue weighted by molar-refractivity contribution is 5.99. The fourth-order valence-electron chi connectivity index (χ4n) is 2.61. The normalized spacial score (nSPS) is 35.2. The van der Waals surface area contributed by atoms with Crippen LogP contribution in [0.1, 0.15) is 40.0 Å². The summed E-state index contributed by atoms with van der Waals surface area (Å²) >= 11 is 0. The summed E-state index contributed by atoms with van der Waals surface area (Å²) in [4.78, 5) is 26.1. The Balaban J connectivity index is 2.30. The maximum Gasteiger partial charge on any atom is 0.246 e. The summed E-state index contributed by atoms with van der Waals surface area (Å²) in [6, 6.07) is -0.370. The Morgan fingerprint density at radius 1 is 1.44 bits per heavy atom. The molecule has 1 N–H and O–H groups in total. The van der Waals surface area contributed by atoms with Gasteiger partial charge in [-0.15, -0.1) is 0 Å². The summed E-state index contributed by atoms with van der Waals surface area (Å²) < 4.78 is 0. The summed E-state index contributed by atoms with van der Waals surface area (Å²) in [5.74, 6) is 0.446. The molecule has 1 aliphatic carbocycles. The molecule has 0 radical (unpaired) electrons. The maximum absolute atomic E-state index is 12.1. The average Bonchev–Trinajstić information content (AvgIpc) is 3.05. The molecule has 2 aliphatic rings. The molecule has 2 fully saturated rings. The summed E-state index contributed by atoms with van der Waals surface area (Å²) in [5.41, 5.74) is -0.598. The molecule has 0 bridgehead atoms. The summed E-state index contributed by atoms with van der Waals surface area (Å²) in [6.07, 6.45) is 3.02. The predicted molar refractivity (Wildman–Crippen MR) is 60.7 cm³/mol. The Labute approximate surface area is 96.4 Å². The molecule has 0 aromatic rings. The topological polar surface area (TPSA) is 49.4 Å². The fraction of sp³-hybridized carbons (Fsp3) is 0.833. The number of carbonyl (C=O) groups is 2. The van der Waals surface area contributed by atoms with Crippen LogP contribution in [0.5, 0.6) is 0 Å². The third kappa shape index (κ3) is 1.51. The number of nitrogens with zero attached hydrogens (tertiary/aromatic N) is 1. The van der Waals surface area contributed by atoms with Gasteiger partial charge in [0.15, 0.2) is 0 Å². The van der Waals surface area contributed by atoms with Crippen molar-refractivity contribution in [3.8, 4) is 0 Å². The van der Waals surface area contributed by atoms with E-state index in [0.29, 0.717) is 12.5 Å². The zero-order chi connectivity index (χ0) is 11.9. The average molecular weight is 224 g/mol. The van der Waals surface area contributed by atoms with Crippen LogP contribution in [-0.4, -0.2) is 34.8 Å². The van der Waals surface area contributed by atoms with E-state index in [2.05, 4.69) is 5.32 Å². The van der Waals surface area contributed by atoms with Gasteiger partial charge in [-0.1, -0.05) is 6.92 Å². The molecule has 2 atom stereocenters. The molecule has 1 saturated heterocycles. The first-order valence-electron chi connectivity index (χ1n) is 6.14. The van der Waals surface area contributed by atoms with Gasteiger partial charge in [-0.3, -0.25) is 9.59 Å². The van der Waals surface area contributed by atoms with Crippen molar-refractivity contribution in [1.29, 1.82) is 0 Å². The van der Waals surface area contributed by atoms with Crippen LogP contribution in [0.25, 0.3) is 0 Å². The number of amides is 2. The minimum Gasteiger partial charge on any atom is -0.343 e. The van der Waals surface area contributed by atoms with Crippen molar-refractivity contribution in [1.82, 2.24) is 10.2 Å². The molecular formula is C12H20N2O2. The van der Waals surface area contributed by atoms with Gasteiger partial charge in [0.1, 0.15) is 11.6 Å². The van der Waals surface area contributed by atoms with Crippen molar-refractivity contribution in [2.75, 3.05) is 6.54 Å². The minimum atomic E-state index is -0.598. The second kappa shape index (κ2) is 3.75. The standard InChI is InChI=1S/C12H20N2O2/c1-4-7-14-10(15)8(2)13-11(16)12(14,3)9-5-6-9/h8-9H,4-7H2,1-3H3,(H,13,16). The molecule has 2 amide bonds. The monoisotopic (exact) mass is 224 g/mol. The number of hydrogen-bond donors (Lipinski definition) is 1. The van der Waals surface area contributed by atoms with Crippen molar-refractivity contribution in [3.63, 3.8) is 0 Å². The van der Waals surface area contributed by atoms with Gasteiger partial charge in [-0.05, 0) is 39.0 Å². The first kappa shape index (κ1) is 11.4. The molecule has 1 saturated carbocycles. The molecule has 16 heavy (non-hydrogen) atoms. The quantitative estimate of drug-likeness (QED) is 0.774. The lowest BCUT2D eigenvalue weighted by Gasteiger charge is -2.46. The van der Waals surface area contributed by atoms with E-state index in [1.165, 1.54) is 0 Å². The second-order valence-electron chi connectivity index (χ2n) is 5.11. The van der Waals surface area contributed by atoms with Crippen LogP contribution < -0.4 is 5.32 Å². The molecule has 1 aliphatic heterocycles. The smallest absolute Gasteiger partial charge is 0.246 e. The van der Waals surface area contributed by atoms with Gasteiger partial charge in [0, 0.05) is 6.54 Å². The van der Waals surface area contributed by atoms with Crippen LogP contribution in [0.4, 0.5) is 0 Å². The van der Waals surface area contributed by atoms with Gasteiger partial charge in [0.25, 0.3) is 0 Å². The maximum atomic E-state index is 12.1. The Bertz CT molecular complexity index is 325. The molecular weight excluding hydrogens is 204 g/mol. The largest absolute Gasteiger partial charge is 0.343 e. The number of nitrogens with one attached hydrogen (secondary N) is 1. The van der Waals surface area contributed by atoms with E-state index >= 15 is 0 Å². The van der Waals surface area contributed by atoms with Crippen molar-refractivity contribution in [3.05, 3.63) is 0 Å². The Morgan fingerprint density at radius 2 is 2.06 bits per heavy atom. The molecule has 4 heteroatoms.